The van der Waals surface area contributed by atoms with E-state index in [1.807, 2.05) is 6.07 Å². The summed E-state index contributed by atoms with van der Waals surface area (Å²) in [6.07, 6.45) is 4.29. The smallest absolute Gasteiger partial charge is 0.475 e. The van der Waals surface area contributed by atoms with Gasteiger partial charge in [-0.15, -0.1) is 0 Å². The third-order valence-corrected chi connectivity index (χ3v) is 5.25. The minimum atomic E-state index is -5.08. The molecule has 0 radical (unpaired) electrons. The number of likely N-dealkylation sites (tertiary alicyclic amines) is 1. The number of hydrogen-bond donors (Lipinski definition) is 2. The van der Waals surface area contributed by atoms with Crippen LogP contribution in [-0.2, 0) is 14.3 Å². The molecule has 8 nitrogen and oxygen atoms in total. The predicted octanol–water partition coefficient (Wildman–Crippen LogP) is 2.47. The van der Waals surface area contributed by atoms with Crippen LogP contribution in [0.15, 0.2) is 18.5 Å². The summed E-state index contributed by atoms with van der Waals surface area (Å²) < 4.78 is 36.9. The Labute approximate surface area is 166 Å². The molecule has 2 heterocycles. The molecular weight excluding hydrogens is 393 g/mol. The van der Waals surface area contributed by atoms with E-state index in [0.717, 1.165) is 38.6 Å². The van der Waals surface area contributed by atoms with E-state index in [2.05, 4.69) is 20.2 Å². The molecule has 11 heteroatoms. The zero-order chi connectivity index (χ0) is 21.5. The van der Waals surface area contributed by atoms with Gasteiger partial charge in [-0.2, -0.15) is 13.2 Å². The zero-order valence-corrected chi connectivity index (χ0v) is 16.1. The normalized spacial score (nSPS) is 24.2. The van der Waals surface area contributed by atoms with Gasteiger partial charge in [-0.25, -0.2) is 14.8 Å². The van der Waals surface area contributed by atoms with Crippen molar-refractivity contribution in [2.75, 3.05) is 25.6 Å². The molecule has 162 valence electrons. The molecule has 0 atom stereocenters. The summed E-state index contributed by atoms with van der Waals surface area (Å²) >= 11 is 0. The molecule has 1 aliphatic heterocycles. The molecule has 29 heavy (non-hydrogen) atoms. The van der Waals surface area contributed by atoms with Crippen molar-refractivity contribution in [2.24, 2.45) is 0 Å². The topological polar surface area (TPSA) is 105 Å². The SMILES string of the molecule is COCCN1C(=O)CCC12CCC(Nc1ncccn1)CC2.O=C(O)C(F)(F)F. The summed E-state index contributed by atoms with van der Waals surface area (Å²) in [5.74, 6) is -1.77. The fourth-order valence-electron chi connectivity index (χ4n) is 3.79. The number of alkyl halides is 3. The first kappa shape index (κ1) is 22.9. The van der Waals surface area contributed by atoms with Crippen molar-refractivity contribution in [3.05, 3.63) is 18.5 Å². The number of halogens is 3. The van der Waals surface area contributed by atoms with Crippen LogP contribution in [0.3, 0.4) is 0 Å². The highest BCUT2D eigenvalue weighted by atomic mass is 19.4. The Kier molecular flexibility index (Phi) is 7.77. The van der Waals surface area contributed by atoms with Crippen LogP contribution in [0.5, 0.6) is 0 Å². The maximum atomic E-state index is 12.2. The minimum Gasteiger partial charge on any atom is -0.475 e. The van der Waals surface area contributed by atoms with Gasteiger partial charge < -0.3 is 20.1 Å². The number of carboxylic acids is 1. The van der Waals surface area contributed by atoms with E-state index >= 15 is 0 Å². The molecule has 1 aromatic rings. The zero-order valence-electron chi connectivity index (χ0n) is 16.1. The lowest BCUT2D eigenvalue weighted by atomic mass is 9.77. The lowest BCUT2D eigenvalue weighted by Crippen LogP contribution is -2.50. The Balaban J connectivity index is 0.000000370. The Morgan fingerprint density at radius 3 is 2.41 bits per heavy atom. The second kappa shape index (κ2) is 9.86. The lowest BCUT2D eigenvalue weighted by molar-refractivity contribution is -0.192. The van der Waals surface area contributed by atoms with Gasteiger partial charge in [-0.1, -0.05) is 0 Å². The predicted molar refractivity (Wildman–Crippen MR) is 97.2 cm³/mol. The number of nitrogens with one attached hydrogen (secondary N) is 1. The van der Waals surface area contributed by atoms with Crippen molar-refractivity contribution in [1.82, 2.24) is 14.9 Å². The van der Waals surface area contributed by atoms with Crippen molar-refractivity contribution < 1.29 is 32.6 Å². The molecule has 0 unspecified atom stereocenters. The van der Waals surface area contributed by atoms with Crippen LogP contribution < -0.4 is 5.32 Å². The van der Waals surface area contributed by atoms with Gasteiger partial charge in [0.25, 0.3) is 0 Å². The summed E-state index contributed by atoms with van der Waals surface area (Å²) in [5.41, 5.74) is 0.0609. The van der Waals surface area contributed by atoms with E-state index in [0.29, 0.717) is 25.0 Å². The van der Waals surface area contributed by atoms with Crippen molar-refractivity contribution in [1.29, 1.82) is 0 Å². The molecular formula is C18H25F3N4O4. The average Bonchev–Trinajstić information content (AvgIpc) is 2.98. The Bertz CT molecular complexity index is 679. The number of rotatable bonds is 5. The van der Waals surface area contributed by atoms with Crippen molar-refractivity contribution in [3.8, 4) is 0 Å². The Hall–Kier alpha value is -2.43. The van der Waals surface area contributed by atoms with Gasteiger partial charge in [-0.05, 0) is 38.2 Å². The molecule has 2 fully saturated rings. The molecule has 1 spiro atoms. The number of methoxy groups -OCH3 is 1. The number of amides is 1. The molecule has 1 aromatic heterocycles. The molecule has 3 rings (SSSR count). The number of carbonyl (C=O) groups excluding carboxylic acids is 1. The van der Waals surface area contributed by atoms with E-state index in [4.69, 9.17) is 14.6 Å². The van der Waals surface area contributed by atoms with Crippen LogP contribution in [0.4, 0.5) is 19.1 Å². The third kappa shape index (κ3) is 6.28. The molecule has 1 aliphatic carbocycles. The molecule has 1 saturated heterocycles. The first-order valence-corrected chi connectivity index (χ1v) is 9.31. The first-order chi connectivity index (χ1) is 13.7. The largest absolute Gasteiger partial charge is 0.490 e. The van der Waals surface area contributed by atoms with Gasteiger partial charge >= 0.3 is 12.1 Å². The van der Waals surface area contributed by atoms with Gasteiger partial charge in [0.05, 0.1) is 6.61 Å². The highest BCUT2D eigenvalue weighted by Gasteiger charge is 2.46. The maximum absolute atomic E-state index is 12.2. The van der Waals surface area contributed by atoms with E-state index in [-0.39, 0.29) is 11.4 Å². The van der Waals surface area contributed by atoms with Crippen LogP contribution in [0.25, 0.3) is 0 Å². The van der Waals surface area contributed by atoms with Crippen LogP contribution in [0, 0.1) is 0 Å². The van der Waals surface area contributed by atoms with Gasteiger partial charge in [-0.3, -0.25) is 4.79 Å². The number of carbonyl (C=O) groups is 2. The number of aromatic nitrogens is 2. The summed E-state index contributed by atoms with van der Waals surface area (Å²) in [6, 6.07) is 2.21. The second-order valence-electron chi connectivity index (χ2n) is 7.06. The number of hydrogen-bond acceptors (Lipinski definition) is 6. The summed E-state index contributed by atoms with van der Waals surface area (Å²) in [6.45, 7) is 1.34. The number of nitrogens with zero attached hydrogens (tertiary/aromatic N) is 3. The highest BCUT2D eigenvalue weighted by molar-refractivity contribution is 5.79. The first-order valence-electron chi connectivity index (χ1n) is 9.31. The van der Waals surface area contributed by atoms with E-state index in [9.17, 15) is 18.0 Å². The third-order valence-electron chi connectivity index (χ3n) is 5.25. The molecule has 2 aliphatic rings. The molecule has 0 bridgehead atoms. The maximum Gasteiger partial charge on any atom is 0.490 e. The summed E-state index contributed by atoms with van der Waals surface area (Å²) in [7, 11) is 1.69. The highest BCUT2D eigenvalue weighted by Crippen LogP contribution is 2.42. The summed E-state index contributed by atoms with van der Waals surface area (Å²) in [5, 5.41) is 10.5. The quantitative estimate of drug-likeness (QED) is 0.757. The lowest BCUT2D eigenvalue weighted by Gasteiger charge is -2.44. The number of anilines is 1. The monoisotopic (exact) mass is 418 g/mol. The molecule has 0 aromatic carbocycles. The Morgan fingerprint density at radius 1 is 1.31 bits per heavy atom. The Morgan fingerprint density at radius 2 is 1.90 bits per heavy atom. The van der Waals surface area contributed by atoms with Crippen LogP contribution >= 0.6 is 0 Å². The van der Waals surface area contributed by atoms with E-state index in [1.165, 1.54) is 0 Å². The molecule has 1 saturated carbocycles. The van der Waals surface area contributed by atoms with Gasteiger partial charge in [0.2, 0.25) is 11.9 Å². The number of aliphatic carboxylic acids is 1. The molecule has 2 N–H and O–H groups in total. The standard InChI is InChI=1S/C16H24N4O2.C2HF3O2/c1-22-12-11-20-14(21)5-8-16(20)6-3-13(4-7-16)19-15-17-9-2-10-18-15;3-2(4,5)1(6)7/h2,9-10,13H,3-8,11-12H2,1H3,(H,17,18,19);(H,6,7). The fourth-order valence-corrected chi connectivity index (χ4v) is 3.79. The number of carboxylic acid groups (broad SMARTS) is 1. The van der Waals surface area contributed by atoms with Crippen molar-refractivity contribution >= 4 is 17.8 Å². The summed E-state index contributed by atoms with van der Waals surface area (Å²) in [4.78, 5) is 31.6. The van der Waals surface area contributed by atoms with Crippen molar-refractivity contribution in [3.63, 3.8) is 0 Å². The molecule has 1 amide bonds. The van der Waals surface area contributed by atoms with E-state index < -0.39 is 12.1 Å². The van der Waals surface area contributed by atoms with E-state index in [1.54, 1.807) is 19.5 Å². The van der Waals surface area contributed by atoms with Crippen LogP contribution in [0.2, 0.25) is 0 Å². The fraction of sp³-hybridized carbons (Fsp3) is 0.667. The van der Waals surface area contributed by atoms with Crippen LogP contribution in [-0.4, -0.2) is 69.9 Å². The second-order valence-corrected chi connectivity index (χ2v) is 7.06. The van der Waals surface area contributed by atoms with Gasteiger partial charge in [0, 0.05) is 44.0 Å². The van der Waals surface area contributed by atoms with Gasteiger partial charge in [0.15, 0.2) is 0 Å². The number of ether oxygens (including phenoxy) is 1. The van der Waals surface area contributed by atoms with Gasteiger partial charge in [0.1, 0.15) is 0 Å². The van der Waals surface area contributed by atoms with Crippen LogP contribution in [0.1, 0.15) is 38.5 Å². The minimum absolute atomic E-state index is 0.0609. The van der Waals surface area contributed by atoms with Crippen molar-refractivity contribution in [2.45, 2.75) is 56.3 Å². The average molecular weight is 418 g/mol.